The van der Waals surface area contributed by atoms with Crippen molar-refractivity contribution in [3.8, 4) is 0 Å². The summed E-state index contributed by atoms with van der Waals surface area (Å²) in [6, 6.07) is 8.65. The second kappa shape index (κ2) is 12.8. The van der Waals surface area contributed by atoms with Gasteiger partial charge in [-0.05, 0) is 77.2 Å². The van der Waals surface area contributed by atoms with E-state index in [9.17, 15) is 18.3 Å². The van der Waals surface area contributed by atoms with Crippen LogP contribution in [0.4, 0.5) is 20.2 Å². The summed E-state index contributed by atoms with van der Waals surface area (Å²) in [5.41, 5.74) is 1.65. The van der Waals surface area contributed by atoms with Gasteiger partial charge in [0, 0.05) is 29.1 Å². The number of aliphatic hydroxyl groups is 1. The number of amides is 1. The lowest BCUT2D eigenvalue weighted by Crippen LogP contribution is -2.34. The third-order valence-corrected chi connectivity index (χ3v) is 8.67. The lowest BCUT2D eigenvalue weighted by Gasteiger charge is -2.23. The number of carbonyl (C=O) groups excluding carboxylic acids is 1. The summed E-state index contributed by atoms with van der Waals surface area (Å²) in [7, 11) is -4.74. The molecule has 1 aromatic heterocycles. The summed E-state index contributed by atoms with van der Waals surface area (Å²) >= 11 is 8.27. The molecule has 1 heterocycles. The smallest absolute Gasteiger partial charge is 0.277 e. The SMILES string of the molecule is O=C(NOCC1CC1)c1cc(S(=O)(=O)N(CCO)Cc2cccnc2)c(F)c(F)c1Nc1ccc(I)cc1Cl. The molecule has 0 aliphatic heterocycles. The molecule has 3 aromatic rings. The molecular formula is C25H24ClF2IN4O5S. The first-order chi connectivity index (χ1) is 18.6. The molecule has 1 saturated carbocycles. The molecule has 39 heavy (non-hydrogen) atoms. The number of nitrogens with zero attached hydrogens (tertiary/aromatic N) is 2. The van der Waals surface area contributed by atoms with E-state index in [2.05, 4.69) is 15.8 Å². The van der Waals surface area contributed by atoms with Crippen molar-refractivity contribution in [3.63, 3.8) is 0 Å². The minimum absolute atomic E-state index is 0.164. The van der Waals surface area contributed by atoms with Crippen LogP contribution in [0.2, 0.25) is 5.02 Å². The summed E-state index contributed by atoms with van der Waals surface area (Å²) < 4.78 is 59.7. The minimum atomic E-state index is -4.74. The van der Waals surface area contributed by atoms with Crippen LogP contribution in [0.3, 0.4) is 0 Å². The number of halogens is 4. The van der Waals surface area contributed by atoms with Crippen LogP contribution >= 0.6 is 34.2 Å². The van der Waals surface area contributed by atoms with E-state index in [0.29, 0.717) is 5.56 Å². The minimum Gasteiger partial charge on any atom is -0.395 e. The highest BCUT2D eigenvalue weighted by molar-refractivity contribution is 14.1. The predicted octanol–water partition coefficient (Wildman–Crippen LogP) is 4.62. The number of aromatic nitrogens is 1. The molecule has 208 valence electrons. The Balaban J connectivity index is 1.77. The first-order valence-electron chi connectivity index (χ1n) is 11.8. The Labute approximate surface area is 242 Å². The van der Waals surface area contributed by atoms with Crippen molar-refractivity contribution in [2.75, 3.05) is 25.1 Å². The summed E-state index contributed by atoms with van der Waals surface area (Å²) in [6.07, 6.45) is 4.79. The maximum atomic E-state index is 15.6. The fraction of sp³-hybridized carbons (Fsp3) is 0.280. The maximum absolute atomic E-state index is 15.6. The van der Waals surface area contributed by atoms with E-state index in [-0.39, 0.29) is 29.8 Å². The van der Waals surface area contributed by atoms with E-state index < -0.39 is 56.9 Å². The van der Waals surface area contributed by atoms with Crippen LogP contribution in [-0.2, 0) is 21.4 Å². The molecule has 14 heteroatoms. The van der Waals surface area contributed by atoms with E-state index in [1.54, 1.807) is 24.3 Å². The van der Waals surface area contributed by atoms with E-state index in [0.717, 1.165) is 26.8 Å². The summed E-state index contributed by atoms with van der Waals surface area (Å²) in [5.74, 6) is -4.02. The molecule has 0 spiro atoms. The quantitative estimate of drug-likeness (QED) is 0.187. The molecule has 0 bridgehead atoms. The summed E-state index contributed by atoms with van der Waals surface area (Å²) in [6.45, 7) is -1.05. The number of hydrogen-bond acceptors (Lipinski definition) is 7. The van der Waals surface area contributed by atoms with Gasteiger partial charge in [0.05, 0.1) is 35.2 Å². The Hall–Kier alpha value is -2.43. The number of pyridine rings is 1. The van der Waals surface area contributed by atoms with Crippen molar-refractivity contribution in [1.29, 1.82) is 0 Å². The van der Waals surface area contributed by atoms with E-state index in [1.165, 1.54) is 18.5 Å². The highest BCUT2D eigenvalue weighted by Gasteiger charge is 2.33. The number of rotatable bonds is 12. The van der Waals surface area contributed by atoms with Crippen LogP contribution in [0, 0.1) is 21.1 Å². The number of anilines is 2. The zero-order valence-electron chi connectivity index (χ0n) is 20.3. The fourth-order valence-corrected chi connectivity index (χ4v) is 6.02. The van der Waals surface area contributed by atoms with Gasteiger partial charge in [-0.3, -0.25) is 14.6 Å². The topological polar surface area (TPSA) is 121 Å². The summed E-state index contributed by atoms with van der Waals surface area (Å²) in [5, 5.41) is 12.3. The number of carbonyl (C=O) groups is 1. The first kappa shape index (κ1) is 29.6. The van der Waals surface area contributed by atoms with Gasteiger partial charge >= 0.3 is 0 Å². The highest BCUT2D eigenvalue weighted by atomic mass is 127. The van der Waals surface area contributed by atoms with E-state index in [4.69, 9.17) is 16.4 Å². The molecule has 1 aliphatic carbocycles. The average molecular weight is 693 g/mol. The summed E-state index contributed by atoms with van der Waals surface area (Å²) in [4.78, 5) is 21.1. The van der Waals surface area contributed by atoms with Crippen molar-refractivity contribution < 1.29 is 31.9 Å². The lowest BCUT2D eigenvalue weighted by molar-refractivity contribution is 0.0270. The number of benzene rings is 2. The van der Waals surface area contributed by atoms with Gasteiger partial charge in [-0.25, -0.2) is 22.7 Å². The van der Waals surface area contributed by atoms with Crippen LogP contribution in [0.5, 0.6) is 0 Å². The van der Waals surface area contributed by atoms with Crippen molar-refractivity contribution in [1.82, 2.24) is 14.8 Å². The Morgan fingerprint density at radius 3 is 2.64 bits per heavy atom. The number of hydrogen-bond donors (Lipinski definition) is 3. The normalized spacial score (nSPS) is 13.5. The first-order valence-corrected chi connectivity index (χ1v) is 14.7. The van der Waals surface area contributed by atoms with E-state index in [1.807, 2.05) is 22.6 Å². The third-order valence-electron chi connectivity index (χ3n) is 5.84. The molecule has 2 aromatic carbocycles. The molecule has 4 rings (SSSR count). The van der Waals surface area contributed by atoms with Gasteiger partial charge in [0.15, 0.2) is 11.6 Å². The molecule has 0 saturated heterocycles. The number of hydroxylamine groups is 1. The Morgan fingerprint density at radius 1 is 1.23 bits per heavy atom. The van der Waals surface area contributed by atoms with Crippen molar-refractivity contribution in [3.05, 3.63) is 80.1 Å². The zero-order valence-corrected chi connectivity index (χ0v) is 24.1. The Bertz CT molecular complexity index is 1460. The number of sulfonamides is 1. The second-order valence-corrected chi connectivity index (χ2v) is 12.3. The molecule has 0 atom stereocenters. The Kier molecular flexibility index (Phi) is 9.72. The van der Waals surface area contributed by atoms with Gasteiger partial charge in [-0.15, -0.1) is 0 Å². The monoisotopic (exact) mass is 692 g/mol. The maximum Gasteiger partial charge on any atom is 0.277 e. The molecule has 9 nitrogen and oxygen atoms in total. The van der Waals surface area contributed by atoms with Crippen molar-refractivity contribution >= 4 is 61.5 Å². The molecule has 0 unspecified atom stereocenters. The molecular weight excluding hydrogens is 669 g/mol. The van der Waals surface area contributed by atoms with Crippen LogP contribution < -0.4 is 10.8 Å². The average Bonchev–Trinajstić information content (AvgIpc) is 3.73. The molecule has 1 amide bonds. The lowest BCUT2D eigenvalue weighted by atomic mass is 10.1. The van der Waals surface area contributed by atoms with Gasteiger partial charge in [-0.2, -0.15) is 4.31 Å². The molecule has 1 aliphatic rings. The molecule has 3 N–H and O–H groups in total. The highest BCUT2D eigenvalue weighted by Crippen LogP contribution is 2.35. The molecule has 0 radical (unpaired) electrons. The van der Waals surface area contributed by atoms with Crippen LogP contribution in [0.15, 0.2) is 53.7 Å². The number of aliphatic hydroxyl groups excluding tert-OH is 1. The van der Waals surface area contributed by atoms with Crippen LogP contribution in [-0.4, -0.2) is 48.5 Å². The van der Waals surface area contributed by atoms with Crippen LogP contribution in [0.1, 0.15) is 28.8 Å². The third kappa shape index (κ3) is 7.21. The Morgan fingerprint density at radius 2 is 2.00 bits per heavy atom. The van der Waals surface area contributed by atoms with Gasteiger partial charge < -0.3 is 10.4 Å². The van der Waals surface area contributed by atoms with E-state index >= 15 is 8.78 Å². The zero-order chi connectivity index (χ0) is 28.2. The fourth-order valence-electron chi connectivity index (χ4n) is 3.61. The van der Waals surface area contributed by atoms with Crippen LogP contribution in [0.25, 0.3) is 0 Å². The van der Waals surface area contributed by atoms with Crippen molar-refractivity contribution in [2.45, 2.75) is 24.3 Å². The van der Waals surface area contributed by atoms with Gasteiger partial charge in [0.25, 0.3) is 5.91 Å². The largest absolute Gasteiger partial charge is 0.395 e. The van der Waals surface area contributed by atoms with Gasteiger partial charge in [-0.1, -0.05) is 17.7 Å². The standard InChI is InChI=1S/C25H24ClF2IN4O5S/c26-19-10-17(29)5-6-20(19)31-24-18(25(35)32-38-14-15-3-4-15)11-21(22(27)23(24)28)39(36,37)33(8-9-34)13-16-2-1-7-30-12-16/h1-2,5-7,10-12,15,31,34H,3-4,8-9,13-14H2,(H,32,35). The second-order valence-electron chi connectivity index (χ2n) is 8.78. The number of nitrogens with one attached hydrogen (secondary N) is 2. The van der Waals surface area contributed by atoms with Crippen molar-refractivity contribution in [2.24, 2.45) is 5.92 Å². The predicted molar refractivity (Wildman–Crippen MR) is 149 cm³/mol. The van der Waals surface area contributed by atoms with Gasteiger partial charge in [0.2, 0.25) is 10.0 Å². The van der Waals surface area contributed by atoms with Gasteiger partial charge in [0.1, 0.15) is 4.90 Å². The molecule has 1 fully saturated rings.